The lowest BCUT2D eigenvalue weighted by molar-refractivity contribution is 0.613. The highest BCUT2D eigenvalue weighted by Gasteiger charge is 2.10. The van der Waals surface area contributed by atoms with Gasteiger partial charge in [0.2, 0.25) is 0 Å². The normalized spacial score (nSPS) is 12.2. The summed E-state index contributed by atoms with van der Waals surface area (Å²) in [6, 6.07) is 14.8. The minimum atomic E-state index is -0.171. The van der Waals surface area contributed by atoms with Crippen LogP contribution < -0.4 is 10.6 Å². The summed E-state index contributed by atoms with van der Waals surface area (Å²) >= 11 is 0. The van der Waals surface area contributed by atoms with E-state index in [1.165, 1.54) is 11.6 Å². The number of nitrogens with zero attached hydrogens (tertiary/aromatic N) is 1. The van der Waals surface area contributed by atoms with Gasteiger partial charge < -0.3 is 10.6 Å². The van der Waals surface area contributed by atoms with E-state index in [-0.39, 0.29) is 5.82 Å². The molecular formula is C17H21FN2. The Hall–Kier alpha value is -2.03. The average molecular weight is 272 g/mol. The maximum atomic E-state index is 13.7. The van der Waals surface area contributed by atoms with Gasteiger partial charge in [-0.25, -0.2) is 4.39 Å². The smallest absolute Gasteiger partial charge is 0.146 e. The molecule has 20 heavy (non-hydrogen) atoms. The van der Waals surface area contributed by atoms with E-state index in [0.717, 1.165) is 18.7 Å². The lowest BCUT2D eigenvalue weighted by atomic mass is 9.97. The molecule has 2 aromatic carbocycles. The van der Waals surface area contributed by atoms with Crippen LogP contribution in [0.3, 0.4) is 0 Å². The van der Waals surface area contributed by atoms with Gasteiger partial charge >= 0.3 is 0 Å². The van der Waals surface area contributed by atoms with Crippen molar-refractivity contribution in [3.63, 3.8) is 0 Å². The van der Waals surface area contributed by atoms with Crippen LogP contribution in [0, 0.1) is 5.82 Å². The maximum absolute atomic E-state index is 13.7. The van der Waals surface area contributed by atoms with E-state index in [2.05, 4.69) is 19.1 Å². The van der Waals surface area contributed by atoms with E-state index in [1.54, 1.807) is 6.07 Å². The van der Waals surface area contributed by atoms with E-state index < -0.39 is 0 Å². The lowest BCUT2D eigenvalue weighted by Crippen LogP contribution is -2.21. The predicted octanol–water partition coefficient (Wildman–Crippen LogP) is 4.04. The van der Waals surface area contributed by atoms with Crippen LogP contribution in [-0.2, 0) is 0 Å². The van der Waals surface area contributed by atoms with Crippen LogP contribution >= 0.6 is 0 Å². The van der Waals surface area contributed by atoms with Crippen molar-refractivity contribution < 1.29 is 4.39 Å². The summed E-state index contributed by atoms with van der Waals surface area (Å²) < 4.78 is 13.7. The van der Waals surface area contributed by atoms with Crippen LogP contribution in [0.2, 0.25) is 0 Å². The molecule has 0 radical (unpaired) electrons. The fraction of sp³-hybridized carbons (Fsp3) is 0.294. The van der Waals surface area contributed by atoms with Gasteiger partial charge in [0.25, 0.3) is 0 Å². The summed E-state index contributed by atoms with van der Waals surface area (Å²) in [5, 5.41) is 0. The van der Waals surface area contributed by atoms with Crippen LogP contribution in [0.1, 0.15) is 24.8 Å². The number of hydrogen-bond acceptors (Lipinski definition) is 2. The second-order valence-electron chi connectivity index (χ2n) is 5.23. The summed E-state index contributed by atoms with van der Waals surface area (Å²) in [5.74, 6) is 0.250. The van der Waals surface area contributed by atoms with Crippen molar-refractivity contribution in [2.24, 2.45) is 0 Å². The van der Waals surface area contributed by atoms with E-state index in [1.807, 2.05) is 36.2 Å². The molecule has 0 heterocycles. The van der Waals surface area contributed by atoms with E-state index in [9.17, 15) is 4.39 Å². The predicted molar refractivity (Wildman–Crippen MR) is 83.6 cm³/mol. The topological polar surface area (TPSA) is 29.3 Å². The molecule has 0 fully saturated rings. The van der Waals surface area contributed by atoms with Crippen molar-refractivity contribution in [3.05, 3.63) is 59.9 Å². The fourth-order valence-corrected chi connectivity index (χ4v) is 2.26. The highest BCUT2D eigenvalue weighted by atomic mass is 19.1. The third kappa shape index (κ3) is 3.50. The first-order valence-corrected chi connectivity index (χ1v) is 6.89. The number of nitrogen functional groups attached to an aromatic ring is 1. The van der Waals surface area contributed by atoms with Gasteiger partial charge in [-0.2, -0.15) is 0 Å². The molecule has 2 nitrogen and oxygen atoms in total. The van der Waals surface area contributed by atoms with Gasteiger partial charge in [0.15, 0.2) is 0 Å². The zero-order valence-corrected chi connectivity index (χ0v) is 12.0. The maximum Gasteiger partial charge on any atom is 0.146 e. The standard InChI is InChI=1S/C17H21FN2/c1-13(14-7-9-15(19)10-8-14)11-12-20(2)17-6-4-3-5-16(17)18/h3-10,13H,11-12,19H2,1-2H3. The SMILES string of the molecule is CC(CCN(C)c1ccccc1F)c1ccc(N)cc1. The van der Waals surface area contributed by atoms with Crippen LogP contribution in [0.4, 0.5) is 15.8 Å². The molecule has 3 heteroatoms. The molecule has 0 spiro atoms. The van der Waals surface area contributed by atoms with Gasteiger partial charge in [0.05, 0.1) is 5.69 Å². The second kappa shape index (κ2) is 6.42. The Bertz CT molecular complexity index is 551. The first-order chi connectivity index (χ1) is 9.58. The average Bonchev–Trinajstić information content (AvgIpc) is 2.45. The molecule has 0 bridgehead atoms. The van der Waals surface area contributed by atoms with Gasteiger partial charge in [0, 0.05) is 19.3 Å². The van der Waals surface area contributed by atoms with E-state index >= 15 is 0 Å². The molecule has 0 aliphatic rings. The first kappa shape index (κ1) is 14.4. The molecule has 2 rings (SSSR count). The molecule has 0 saturated carbocycles. The van der Waals surface area contributed by atoms with Crippen molar-refractivity contribution in [1.82, 2.24) is 0 Å². The Morgan fingerprint density at radius 1 is 1.10 bits per heavy atom. The minimum Gasteiger partial charge on any atom is -0.399 e. The third-order valence-corrected chi connectivity index (χ3v) is 3.67. The molecule has 2 aromatic rings. The number of anilines is 2. The molecule has 0 aliphatic carbocycles. The van der Waals surface area contributed by atoms with Crippen LogP contribution in [0.5, 0.6) is 0 Å². The largest absolute Gasteiger partial charge is 0.399 e. The Labute approximate surface area is 120 Å². The molecule has 1 atom stereocenters. The van der Waals surface area contributed by atoms with Gasteiger partial charge in [-0.1, -0.05) is 31.2 Å². The Balaban J connectivity index is 1.95. The number of hydrogen-bond donors (Lipinski definition) is 1. The molecular weight excluding hydrogens is 251 g/mol. The summed E-state index contributed by atoms with van der Waals surface area (Å²) in [6.45, 7) is 2.99. The first-order valence-electron chi connectivity index (χ1n) is 6.89. The van der Waals surface area contributed by atoms with Crippen molar-refractivity contribution in [3.8, 4) is 0 Å². The summed E-state index contributed by atoms with van der Waals surface area (Å²) in [6.07, 6.45) is 0.967. The monoisotopic (exact) mass is 272 g/mol. The third-order valence-electron chi connectivity index (χ3n) is 3.67. The van der Waals surface area contributed by atoms with Crippen molar-refractivity contribution in [1.29, 1.82) is 0 Å². The fourth-order valence-electron chi connectivity index (χ4n) is 2.26. The van der Waals surface area contributed by atoms with E-state index in [4.69, 9.17) is 5.73 Å². The highest BCUT2D eigenvalue weighted by molar-refractivity contribution is 5.46. The van der Waals surface area contributed by atoms with Crippen molar-refractivity contribution in [2.45, 2.75) is 19.3 Å². The number of nitrogens with two attached hydrogens (primary N) is 1. The molecule has 2 N–H and O–H groups in total. The zero-order valence-electron chi connectivity index (χ0n) is 12.0. The van der Waals surface area contributed by atoms with Gasteiger partial charge in [-0.15, -0.1) is 0 Å². The molecule has 0 amide bonds. The van der Waals surface area contributed by atoms with Gasteiger partial charge in [-0.3, -0.25) is 0 Å². The Morgan fingerprint density at radius 2 is 1.75 bits per heavy atom. The van der Waals surface area contributed by atoms with Gasteiger partial charge in [-0.05, 0) is 42.2 Å². The van der Waals surface area contributed by atoms with Gasteiger partial charge in [0.1, 0.15) is 5.82 Å². The van der Waals surface area contributed by atoms with Crippen molar-refractivity contribution >= 4 is 11.4 Å². The second-order valence-corrected chi connectivity index (χ2v) is 5.23. The number of para-hydroxylation sites is 1. The quantitative estimate of drug-likeness (QED) is 0.832. The summed E-state index contributed by atoms with van der Waals surface area (Å²) in [4.78, 5) is 1.96. The van der Waals surface area contributed by atoms with Crippen molar-refractivity contribution in [2.75, 3.05) is 24.2 Å². The Kier molecular flexibility index (Phi) is 4.61. The molecule has 0 aromatic heterocycles. The summed E-state index contributed by atoms with van der Waals surface area (Å²) in [5.41, 5.74) is 8.39. The van der Waals surface area contributed by atoms with Crippen LogP contribution in [0.25, 0.3) is 0 Å². The number of halogens is 1. The molecule has 0 aliphatic heterocycles. The minimum absolute atomic E-state index is 0.171. The number of rotatable bonds is 5. The van der Waals surface area contributed by atoms with E-state index in [0.29, 0.717) is 11.6 Å². The summed E-state index contributed by atoms with van der Waals surface area (Å²) in [7, 11) is 1.92. The lowest BCUT2D eigenvalue weighted by Gasteiger charge is -2.22. The molecule has 106 valence electrons. The van der Waals surface area contributed by atoms with Crippen LogP contribution in [0.15, 0.2) is 48.5 Å². The number of benzene rings is 2. The zero-order chi connectivity index (χ0) is 14.5. The van der Waals surface area contributed by atoms with Crippen LogP contribution in [-0.4, -0.2) is 13.6 Å². The molecule has 0 saturated heterocycles. The highest BCUT2D eigenvalue weighted by Crippen LogP contribution is 2.23. The molecule has 1 unspecified atom stereocenters. The Morgan fingerprint density at radius 3 is 2.40 bits per heavy atom.